The van der Waals surface area contributed by atoms with Gasteiger partial charge < -0.3 is 19.5 Å². The first-order chi connectivity index (χ1) is 11.0. The summed E-state index contributed by atoms with van der Waals surface area (Å²) in [6.45, 7) is 0. The predicted octanol–water partition coefficient (Wildman–Crippen LogP) is 3.26. The lowest BCUT2D eigenvalue weighted by molar-refractivity contribution is 0.0435. The van der Waals surface area contributed by atoms with Crippen molar-refractivity contribution in [2.45, 2.75) is 6.23 Å². The Kier molecular flexibility index (Phi) is 3.77. The number of esters is 1. The van der Waals surface area contributed by atoms with Gasteiger partial charge in [0.1, 0.15) is 5.56 Å². The van der Waals surface area contributed by atoms with E-state index in [9.17, 15) is 13.6 Å². The summed E-state index contributed by atoms with van der Waals surface area (Å²) in [5, 5.41) is 2.84. The van der Waals surface area contributed by atoms with Gasteiger partial charge in [-0.1, -0.05) is 0 Å². The smallest absolute Gasteiger partial charge is 0.344 e. The Morgan fingerprint density at radius 1 is 1.09 bits per heavy atom. The number of methoxy groups -OCH3 is 2. The highest BCUT2D eigenvalue weighted by Crippen LogP contribution is 2.42. The number of halogens is 2. The molecule has 0 aromatic heterocycles. The monoisotopic (exact) mass is 321 g/mol. The first kappa shape index (κ1) is 15.1. The van der Waals surface area contributed by atoms with E-state index in [0.29, 0.717) is 11.3 Å². The van der Waals surface area contributed by atoms with E-state index >= 15 is 0 Å². The molecule has 2 aromatic rings. The number of hydrogen-bond acceptors (Lipinski definition) is 5. The van der Waals surface area contributed by atoms with E-state index in [1.807, 2.05) is 0 Å². The molecule has 0 fully saturated rings. The molecule has 5 nitrogen and oxygen atoms in total. The van der Waals surface area contributed by atoms with Gasteiger partial charge in [-0.15, -0.1) is 0 Å². The van der Waals surface area contributed by atoms with Crippen LogP contribution in [-0.4, -0.2) is 20.2 Å². The first-order valence-corrected chi connectivity index (χ1v) is 6.72. The van der Waals surface area contributed by atoms with Crippen molar-refractivity contribution in [1.29, 1.82) is 0 Å². The number of hydrogen-bond donors (Lipinski definition) is 1. The minimum absolute atomic E-state index is 0.243. The topological polar surface area (TPSA) is 56.8 Å². The zero-order valence-electron chi connectivity index (χ0n) is 12.4. The summed E-state index contributed by atoms with van der Waals surface area (Å²) in [5.74, 6) is -1.87. The fourth-order valence-electron chi connectivity index (χ4n) is 2.45. The Morgan fingerprint density at radius 3 is 2.52 bits per heavy atom. The lowest BCUT2D eigenvalue weighted by atomic mass is 10.1. The molecule has 0 radical (unpaired) electrons. The van der Waals surface area contributed by atoms with Crippen molar-refractivity contribution in [2.75, 3.05) is 19.5 Å². The fourth-order valence-corrected chi connectivity index (χ4v) is 2.45. The second kappa shape index (κ2) is 5.75. The van der Waals surface area contributed by atoms with Gasteiger partial charge in [-0.2, -0.15) is 0 Å². The lowest BCUT2D eigenvalue weighted by Gasteiger charge is -2.15. The van der Waals surface area contributed by atoms with Gasteiger partial charge in [-0.05, 0) is 24.3 Å². The van der Waals surface area contributed by atoms with E-state index in [1.165, 1.54) is 20.3 Å². The first-order valence-electron chi connectivity index (χ1n) is 6.72. The zero-order chi connectivity index (χ0) is 16.6. The van der Waals surface area contributed by atoms with Gasteiger partial charge in [0, 0.05) is 17.3 Å². The lowest BCUT2D eigenvalue weighted by Crippen LogP contribution is -2.10. The number of rotatable bonds is 4. The summed E-state index contributed by atoms with van der Waals surface area (Å²) >= 11 is 0. The van der Waals surface area contributed by atoms with Gasteiger partial charge in [0.25, 0.3) is 0 Å². The Balaban J connectivity index is 1.97. The molecule has 0 aliphatic carbocycles. The SMILES string of the molecule is COc1ccc2c(c1OC)C(=O)OC2Nc1ccc(F)c(F)c1. The molecule has 120 valence electrons. The van der Waals surface area contributed by atoms with Gasteiger partial charge in [0.05, 0.1) is 14.2 Å². The van der Waals surface area contributed by atoms with Crippen molar-refractivity contribution in [1.82, 2.24) is 0 Å². The quantitative estimate of drug-likeness (QED) is 0.876. The number of cyclic esters (lactones) is 1. The number of carbonyl (C=O) groups is 1. The molecule has 1 N–H and O–H groups in total. The molecule has 0 saturated carbocycles. The molecule has 1 atom stereocenters. The molecule has 1 unspecified atom stereocenters. The average Bonchev–Trinajstić information content (AvgIpc) is 2.86. The van der Waals surface area contributed by atoms with Crippen LogP contribution in [0.3, 0.4) is 0 Å². The van der Waals surface area contributed by atoms with Crippen LogP contribution in [0.25, 0.3) is 0 Å². The third-order valence-electron chi connectivity index (χ3n) is 3.51. The highest BCUT2D eigenvalue weighted by Gasteiger charge is 2.35. The largest absolute Gasteiger partial charge is 0.493 e. The summed E-state index contributed by atoms with van der Waals surface area (Å²) < 4.78 is 41.9. The molecular weight excluding hydrogens is 308 g/mol. The second-order valence-electron chi connectivity index (χ2n) is 4.82. The Hall–Kier alpha value is -2.83. The minimum atomic E-state index is -0.994. The Labute approximate surface area is 130 Å². The van der Waals surface area contributed by atoms with Crippen LogP contribution in [0, 0.1) is 11.6 Å². The third kappa shape index (κ3) is 2.54. The molecule has 7 heteroatoms. The van der Waals surface area contributed by atoms with Gasteiger partial charge in [-0.3, -0.25) is 0 Å². The maximum Gasteiger partial charge on any atom is 0.344 e. The van der Waals surface area contributed by atoms with E-state index < -0.39 is 23.8 Å². The molecular formula is C16H13F2NO4. The van der Waals surface area contributed by atoms with E-state index in [1.54, 1.807) is 12.1 Å². The number of carbonyl (C=O) groups excluding carboxylic acids is 1. The summed E-state index contributed by atoms with van der Waals surface area (Å²) in [5.41, 5.74) is 1.05. The van der Waals surface area contributed by atoms with Crippen LogP contribution in [-0.2, 0) is 4.74 Å². The van der Waals surface area contributed by atoms with Gasteiger partial charge in [0.15, 0.2) is 23.1 Å². The number of ether oxygens (including phenoxy) is 3. The van der Waals surface area contributed by atoms with Crippen molar-refractivity contribution >= 4 is 11.7 Å². The zero-order valence-corrected chi connectivity index (χ0v) is 12.4. The molecule has 0 spiro atoms. The van der Waals surface area contributed by atoms with Crippen LogP contribution in [0.4, 0.5) is 14.5 Å². The van der Waals surface area contributed by atoms with Gasteiger partial charge >= 0.3 is 5.97 Å². The van der Waals surface area contributed by atoms with Crippen LogP contribution in [0.1, 0.15) is 22.1 Å². The summed E-state index contributed by atoms with van der Waals surface area (Å²) in [7, 11) is 2.88. The van der Waals surface area contributed by atoms with E-state index in [2.05, 4.69) is 5.32 Å². The van der Waals surface area contributed by atoms with Crippen LogP contribution in [0.5, 0.6) is 11.5 Å². The molecule has 0 amide bonds. The van der Waals surface area contributed by atoms with Crippen LogP contribution in [0.15, 0.2) is 30.3 Å². The van der Waals surface area contributed by atoms with E-state index in [-0.39, 0.29) is 17.0 Å². The maximum absolute atomic E-state index is 13.3. The van der Waals surface area contributed by atoms with Crippen molar-refractivity contribution in [3.05, 3.63) is 53.1 Å². The summed E-state index contributed by atoms with van der Waals surface area (Å²) in [6.07, 6.45) is -0.831. The highest BCUT2D eigenvalue weighted by molar-refractivity contribution is 5.98. The van der Waals surface area contributed by atoms with Crippen molar-refractivity contribution in [2.24, 2.45) is 0 Å². The molecule has 2 aromatic carbocycles. The van der Waals surface area contributed by atoms with Crippen LogP contribution < -0.4 is 14.8 Å². The number of fused-ring (bicyclic) bond motifs is 1. The van der Waals surface area contributed by atoms with Crippen LogP contribution >= 0.6 is 0 Å². The Bertz CT molecular complexity index is 779. The van der Waals surface area contributed by atoms with E-state index in [4.69, 9.17) is 14.2 Å². The number of benzene rings is 2. The van der Waals surface area contributed by atoms with Crippen LogP contribution in [0.2, 0.25) is 0 Å². The molecule has 0 saturated heterocycles. The minimum Gasteiger partial charge on any atom is -0.493 e. The molecule has 23 heavy (non-hydrogen) atoms. The molecule has 3 rings (SSSR count). The second-order valence-corrected chi connectivity index (χ2v) is 4.82. The molecule has 1 heterocycles. The summed E-state index contributed by atoms with van der Waals surface area (Å²) in [6, 6.07) is 6.62. The number of nitrogens with one attached hydrogen (secondary N) is 1. The third-order valence-corrected chi connectivity index (χ3v) is 3.51. The van der Waals surface area contributed by atoms with Gasteiger partial charge in [0.2, 0.25) is 6.23 Å². The predicted molar refractivity (Wildman–Crippen MR) is 77.7 cm³/mol. The Morgan fingerprint density at radius 2 is 1.87 bits per heavy atom. The highest BCUT2D eigenvalue weighted by atomic mass is 19.2. The standard InChI is InChI=1S/C16H13F2NO4/c1-21-12-6-4-9-13(14(12)22-2)16(20)23-15(9)19-8-3-5-10(17)11(18)7-8/h3-7,15,19H,1-2H3. The molecule has 1 aliphatic rings. The number of anilines is 1. The maximum atomic E-state index is 13.3. The van der Waals surface area contributed by atoms with Gasteiger partial charge in [-0.25, -0.2) is 13.6 Å². The van der Waals surface area contributed by atoms with Crippen molar-refractivity contribution in [3.8, 4) is 11.5 Å². The molecule has 1 aliphatic heterocycles. The molecule has 0 bridgehead atoms. The fraction of sp³-hybridized carbons (Fsp3) is 0.188. The average molecular weight is 321 g/mol. The van der Waals surface area contributed by atoms with Crippen molar-refractivity contribution in [3.63, 3.8) is 0 Å². The summed E-state index contributed by atoms with van der Waals surface area (Å²) in [4.78, 5) is 12.1. The van der Waals surface area contributed by atoms with Crippen molar-refractivity contribution < 1.29 is 27.8 Å². The van der Waals surface area contributed by atoms with E-state index in [0.717, 1.165) is 12.1 Å². The normalized spacial score (nSPS) is 15.8.